The third-order valence-electron chi connectivity index (χ3n) is 1.28. The molecule has 0 atom stereocenters. The monoisotopic (exact) mass is 256 g/mol. The topological polar surface area (TPSA) is 82.3 Å². The first-order chi connectivity index (χ1) is 6.38. The van der Waals surface area contributed by atoms with Crippen LogP contribution in [-0.4, -0.2) is 13.4 Å². The molecule has 0 unspecified atom stereocenters. The fourth-order valence-electron chi connectivity index (χ4n) is 0.707. The highest BCUT2D eigenvalue weighted by Gasteiger charge is 2.07. The molecule has 0 saturated heterocycles. The Morgan fingerprint density at radius 3 is 2.71 bits per heavy atom. The predicted octanol–water partition coefficient (Wildman–Crippen LogP) is 1.11. The molecule has 1 rings (SSSR count). The lowest BCUT2D eigenvalue weighted by Crippen LogP contribution is -2.15. The third-order valence-corrected chi connectivity index (χ3v) is 2.27. The molecule has 0 amide bonds. The molecule has 0 radical (unpaired) electrons. The molecule has 0 fully saturated rings. The molecule has 2 N–H and O–H groups in total. The second kappa shape index (κ2) is 4.41. The van der Waals surface area contributed by atoms with E-state index in [-0.39, 0.29) is 16.8 Å². The van der Waals surface area contributed by atoms with Crippen LogP contribution in [0, 0.1) is 0 Å². The smallest absolute Gasteiger partial charge is 0.253 e. The lowest BCUT2D eigenvalue weighted by molar-refractivity contribution is 0.308. The normalized spacial score (nSPS) is 11.6. The Morgan fingerprint density at radius 1 is 1.50 bits per heavy atom. The van der Waals surface area contributed by atoms with Crippen molar-refractivity contribution < 1.29 is 12.6 Å². The van der Waals surface area contributed by atoms with Gasteiger partial charge in [0.05, 0.1) is 11.6 Å². The minimum Gasteiger partial charge on any atom is -0.253 e. The van der Waals surface area contributed by atoms with Gasteiger partial charge in [0.2, 0.25) is 0 Å². The van der Waals surface area contributed by atoms with Crippen LogP contribution in [0.3, 0.4) is 0 Å². The Hall–Kier alpha value is -0.400. The van der Waals surface area contributed by atoms with E-state index in [1.165, 1.54) is 12.3 Å². The summed E-state index contributed by atoms with van der Waals surface area (Å²) in [5.74, 6) is 0. The molecule has 0 aliphatic rings. The largest absolute Gasteiger partial charge is 0.333 e. The van der Waals surface area contributed by atoms with E-state index in [1.54, 1.807) is 0 Å². The zero-order valence-corrected chi connectivity index (χ0v) is 9.10. The summed E-state index contributed by atoms with van der Waals surface area (Å²) in [7, 11) is -3.97. The number of rotatable bonds is 3. The van der Waals surface area contributed by atoms with Crippen LogP contribution in [0.4, 0.5) is 0 Å². The zero-order valence-electron chi connectivity index (χ0n) is 6.78. The molecular weight excluding hydrogens is 251 g/mol. The van der Waals surface area contributed by atoms with Gasteiger partial charge >= 0.3 is 10.3 Å². The SMILES string of the molecule is NS(=O)(=O)OCc1cc(Cl)ncc1Cl. The van der Waals surface area contributed by atoms with Crippen LogP contribution in [-0.2, 0) is 21.1 Å². The molecule has 5 nitrogen and oxygen atoms in total. The Labute approximate surface area is 91.0 Å². The Kier molecular flexibility index (Phi) is 3.68. The summed E-state index contributed by atoms with van der Waals surface area (Å²) < 4.78 is 25.3. The number of hydrogen-bond donors (Lipinski definition) is 1. The van der Waals surface area contributed by atoms with E-state index in [2.05, 4.69) is 14.3 Å². The van der Waals surface area contributed by atoms with Gasteiger partial charge in [0.1, 0.15) is 5.15 Å². The van der Waals surface area contributed by atoms with E-state index in [1.807, 2.05) is 0 Å². The van der Waals surface area contributed by atoms with Crippen molar-refractivity contribution in [2.45, 2.75) is 6.61 Å². The van der Waals surface area contributed by atoms with Crippen molar-refractivity contribution in [3.05, 3.63) is 28.0 Å². The van der Waals surface area contributed by atoms with Crippen molar-refractivity contribution in [2.75, 3.05) is 0 Å². The van der Waals surface area contributed by atoms with Crippen molar-refractivity contribution >= 4 is 33.5 Å². The van der Waals surface area contributed by atoms with Crippen LogP contribution in [0.15, 0.2) is 12.3 Å². The molecule has 1 aromatic rings. The van der Waals surface area contributed by atoms with Crippen molar-refractivity contribution in [1.29, 1.82) is 0 Å². The van der Waals surface area contributed by atoms with E-state index in [9.17, 15) is 8.42 Å². The molecule has 0 aliphatic heterocycles. The van der Waals surface area contributed by atoms with Gasteiger partial charge in [-0.05, 0) is 6.07 Å². The van der Waals surface area contributed by atoms with Gasteiger partial charge in [-0.15, -0.1) is 0 Å². The van der Waals surface area contributed by atoms with Crippen LogP contribution in [0.2, 0.25) is 10.2 Å². The standard InChI is InChI=1S/C6H6Cl2N2O3S/c7-5-2-10-6(8)1-4(5)3-13-14(9,11)12/h1-2H,3H2,(H2,9,11,12). The highest BCUT2D eigenvalue weighted by Crippen LogP contribution is 2.19. The molecule has 0 bridgehead atoms. The number of hydrogen-bond acceptors (Lipinski definition) is 4. The molecule has 14 heavy (non-hydrogen) atoms. The van der Waals surface area contributed by atoms with Gasteiger partial charge in [-0.25, -0.2) is 10.1 Å². The van der Waals surface area contributed by atoms with E-state index in [4.69, 9.17) is 23.2 Å². The number of aromatic nitrogens is 1. The van der Waals surface area contributed by atoms with Gasteiger partial charge < -0.3 is 0 Å². The Balaban J connectivity index is 2.81. The highest BCUT2D eigenvalue weighted by molar-refractivity contribution is 7.84. The quantitative estimate of drug-likeness (QED) is 0.822. The summed E-state index contributed by atoms with van der Waals surface area (Å²) >= 11 is 11.2. The summed E-state index contributed by atoms with van der Waals surface area (Å²) in [5, 5.41) is 5.09. The van der Waals surface area contributed by atoms with Gasteiger partial charge in [0.15, 0.2) is 0 Å². The van der Waals surface area contributed by atoms with Crippen molar-refractivity contribution in [1.82, 2.24) is 4.98 Å². The molecule has 8 heteroatoms. The Morgan fingerprint density at radius 2 is 2.14 bits per heavy atom. The average Bonchev–Trinajstić information content (AvgIpc) is 2.05. The van der Waals surface area contributed by atoms with Gasteiger partial charge in [-0.2, -0.15) is 8.42 Å². The molecule has 1 aromatic heterocycles. The first-order valence-electron chi connectivity index (χ1n) is 3.35. The summed E-state index contributed by atoms with van der Waals surface area (Å²) in [6, 6.07) is 1.40. The van der Waals surface area contributed by atoms with E-state index in [0.29, 0.717) is 5.56 Å². The third kappa shape index (κ3) is 3.77. The van der Waals surface area contributed by atoms with Crippen LogP contribution in [0.5, 0.6) is 0 Å². The first-order valence-corrected chi connectivity index (χ1v) is 5.58. The van der Waals surface area contributed by atoms with Gasteiger partial charge in [-0.3, -0.25) is 4.18 Å². The van der Waals surface area contributed by atoms with E-state index >= 15 is 0 Å². The van der Waals surface area contributed by atoms with Gasteiger partial charge in [0, 0.05) is 11.8 Å². The van der Waals surface area contributed by atoms with Crippen LogP contribution >= 0.6 is 23.2 Å². The van der Waals surface area contributed by atoms with Crippen LogP contribution in [0.1, 0.15) is 5.56 Å². The van der Waals surface area contributed by atoms with Crippen molar-refractivity contribution in [3.63, 3.8) is 0 Å². The second-order valence-electron chi connectivity index (χ2n) is 2.35. The predicted molar refractivity (Wildman–Crippen MR) is 52.2 cm³/mol. The van der Waals surface area contributed by atoms with Gasteiger partial charge in [0.25, 0.3) is 0 Å². The maximum absolute atomic E-state index is 10.5. The van der Waals surface area contributed by atoms with E-state index < -0.39 is 10.3 Å². The summed E-state index contributed by atoms with van der Waals surface area (Å²) in [6.07, 6.45) is 1.30. The second-order valence-corrected chi connectivity index (χ2v) is 4.37. The molecule has 78 valence electrons. The van der Waals surface area contributed by atoms with Gasteiger partial charge in [-0.1, -0.05) is 23.2 Å². The van der Waals surface area contributed by atoms with E-state index in [0.717, 1.165) is 0 Å². The van der Waals surface area contributed by atoms with Crippen molar-refractivity contribution in [2.24, 2.45) is 5.14 Å². The summed E-state index contributed by atoms with van der Waals surface area (Å²) in [5.41, 5.74) is 0.403. The van der Waals surface area contributed by atoms with Crippen molar-refractivity contribution in [3.8, 4) is 0 Å². The molecule has 1 heterocycles. The number of nitrogens with zero attached hydrogens (tertiary/aromatic N) is 1. The first kappa shape index (κ1) is 11.7. The minimum absolute atomic E-state index is 0.197. The molecule has 0 spiro atoms. The molecule has 0 aliphatic carbocycles. The Bertz CT molecular complexity index is 435. The fraction of sp³-hybridized carbons (Fsp3) is 0.167. The summed E-state index contributed by atoms with van der Waals surface area (Å²) in [4.78, 5) is 3.68. The maximum atomic E-state index is 10.5. The van der Waals surface area contributed by atoms with Crippen LogP contribution < -0.4 is 5.14 Å². The number of pyridine rings is 1. The average molecular weight is 257 g/mol. The lowest BCUT2D eigenvalue weighted by atomic mass is 10.3. The highest BCUT2D eigenvalue weighted by atomic mass is 35.5. The molecule has 0 aromatic carbocycles. The number of nitrogens with two attached hydrogens (primary N) is 1. The zero-order chi connectivity index (χ0) is 10.8. The fourth-order valence-corrected chi connectivity index (χ4v) is 1.34. The molecular formula is C6H6Cl2N2O3S. The summed E-state index contributed by atoms with van der Waals surface area (Å²) in [6.45, 7) is -0.264. The molecule has 0 saturated carbocycles. The lowest BCUT2D eigenvalue weighted by Gasteiger charge is -2.03. The maximum Gasteiger partial charge on any atom is 0.333 e. The minimum atomic E-state index is -3.97. The number of halogens is 2. The van der Waals surface area contributed by atoms with Crippen LogP contribution in [0.25, 0.3) is 0 Å².